The van der Waals surface area contributed by atoms with Crippen LogP contribution in [0.25, 0.3) is 0 Å². The third-order valence-electron chi connectivity index (χ3n) is 4.10. The van der Waals surface area contributed by atoms with Crippen LogP contribution in [0.2, 0.25) is 5.02 Å². The first-order valence-electron chi connectivity index (χ1n) is 8.45. The summed E-state index contributed by atoms with van der Waals surface area (Å²) < 4.78 is 37.6. The number of anilines is 1. The van der Waals surface area contributed by atoms with E-state index in [1.807, 2.05) is 0 Å². The quantitative estimate of drug-likeness (QED) is 0.748. The molecule has 2 aromatic rings. The third-order valence-corrected chi connectivity index (χ3v) is 6.18. The van der Waals surface area contributed by atoms with Gasteiger partial charge in [-0.05, 0) is 44.0 Å². The Balaban J connectivity index is 1.79. The van der Waals surface area contributed by atoms with Crippen molar-refractivity contribution >= 4 is 33.3 Å². The highest BCUT2D eigenvalue weighted by Gasteiger charge is 2.31. The summed E-state index contributed by atoms with van der Waals surface area (Å²) in [5.41, 5.74) is 0. The van der Waals surface area contributed by atoms with Crippen molar-refractivity contribution in [2.45, 2.75) is 30.8 Å². The standard InChI is InChI=1S/C17H20ClN3O5S/c1-12-9-16(20-26-12)19-17(22)11-21(10-14-3-2-8-25-14)27(23,24)15-6-4-13(18)5-7-15/h4-7,9,14H,2-3,8,10-11H2,1H3,(H,19,20,22)/t14-/m0/s1. The summed E-state index contributed by atoms with van der Waals surface area (Å²) >= 11 is 5.85. The Morgan fingerprint density at radius 1 is 1.37 bits per heavy atom. The van der Waals surface area contributed by atoms with Crippen LogP contribution in [0.1, 0.15) is 18.6 Å². The number of ether oxygens (including phenoxy) is 1. The first-order valence-corrected chi connectivity index (χ1v) is 10.3. The van der Waals surface area contributed by atoms with Crippen LogP contribution in [-0.2, 0) is 19.6 Å². The van der Waals surface area contributed by atoms with E-state index >= 15 is 0 Å². The van der Waals surface area contributed by atoms with Crippen LogP contribution in [0.3, 0.4) is 0 Å². The zero-order chi connectivity index (χ0) is 19.4. The average molecular weight is 414 g/mol. The molecule has 1 amide bonds. The number of carbonyl (C=O) groups excluding carboxylic acids is 1. The lowest BCUT2D eigenvalue weighted by Crippen LogP contribution is -2.42. The van der Waals surface area contributed by atoms with Gasteiger partial charge in [-0.15, -0.1) is 0 Å². The zero-order valence-corrected chi connectivity index (χ0v) is 16.3. The van der Waals surface area contributed by atoms with Gasteiger partial charge in [0.05, 0.1) is 17.5 Å². The summed E-state index contributed by atoms with van der Waals surface area (Å²) in [6, 6.07) is 7.38. The first-order chi connectivity index (χ1) is 12.8. The minimum Gasteiger partial charge on any atom is -0.377 e. The van der Waals surface area contributed by atoms with Gasteiger partial charge in [0.2, 0.25) is 15.9 Å². The molecule has 27 heavy (non-hydrogen) atoms. The second-order valence-electron chi connectivity index (χ2n) is 6.26. The maximum absolute atomic E-state index is 13.0. The smallest absolute Gasteiger partial charge is 0.243 e. The van der Waals surface area contributed by atoms with E-state index < -0.39 is 15.9 Å². The number of hydrogen-bond donors (Lipinski definition) is 1. The van der Waals surface area contributed by atoms with Gasteiger partial charge in [0.1, 0.15) is 5.76 Å². The lowest BCUT2D eigenvalue weighted by molar-refractivity contribution is -0.116. The van der Waals surface area contributed by atoms with Crippen molar-refractivity contribution in [1.29, 1.82) is 0 Å². The van der Waals surface area contributed by atoms with Gasteiger partial charge in [-0.1, -0.05) is 16.8 Å². The van der Waals surface area contributed by atoms with Gasteiger partial charge >= 0.3 is 0 Å². The SMILES string of the molecule is Cc1cc(NC(=O)CN(C[C@@H]2CCCO2)S(=O)(=O)c2ccc(Cl)cc2)no1. The number of hydrogen-bond acceptors (Lipinski definition) is 6. The van der Waals surface area contributed by atoms with E-state index in [0.717, 1.165) is 17.1 Å². The van der Waals surface area contributed by atoms with Crippen LogP contribution in [0.15, 0.2) is 39.8 Å². The fourth-order valence-electron chi connectivity index (χ4n) is 2.79. The minimum atomic E-state index is -3.90. The number of aromatic nitrogens is 1. The van der Waals surface area contributed by atoms with Gasteiger partial charge < -0.3 is 14.6 Å². The average Bonchev–Trinajstić information content (AvgIpc) is 3.26. The molecule has 8 nitrogen and oxygen atoms in total. The largest absolute Gasteiger partial charge is 0.377 e. The molecule has 3 rings (SSSR count). The molecule has 1 aromatic heterocycles. The Hall–Kier alpha value is -1.94. The Labute approximate surface area is 162 Å². The van der Waals surface area contributed by atoms with Crippen LogP contribution < -0.4 is 5.32 Å². The molecule has 1 N–H and O–H groups in total. The summed E-state index contributed by atoms with van der Waals surface area (Å²) in [4.78, 5) is 12.4. The van der Waals surface area contributed by atoms with Crippen molar-refractivity contribution < 1.29 is 22.5 Å². The summed E-state index contributed by atoms with van der Waals surface area (Å²) in [6.45, 7) is 2.01. The number of amides is 1. The third kappa shape index (κ3) is 5.07. The predicted octanol–water partition coefficient (Wildman–Crippen LogP) is 2.44. The fraction of sp³-hybridized carbons (Fsp3) is 0.412. The van der Waals surface area contributed by atoms with E-state index in [-0.39, 0.29) is 29.9 Å². The first kappa shape index (κ1) is 19.8. The highest BCUT2D eigenvalue weighted by molar-refractivity contribution is 7.89. The van der Waals surface area contributed by atoms with Crippen molar-refractivity contribution in [2.75, 3.05) is 25.0 Å². The highest BCUT2D eigenvalue weighted by atomic mass is 35.5. The lowest BCUT2D eigenvalue weighted by Gasteiger charge is -2.24. The molecule has 0 saturated carbocycles. The van der Waals surface area contributed by atoms with E-state index in [9.17, 15) is 13.2 Å². The number of halogens is 1. The van der Waals surface area contributed by atoms with Gasteiger partial charge in [0.15, 0.2) is 5.82 Å². The van der Waals surface area contributed by atoms with E-state index in [4.69, 9.17) is 20.9 Å². The number of rotatable bonds is 7. The monoisotopic (exact) mass is 413 g/mol. The second-order valence-corrected chi connectivity index (χ2v) is 8.63. The Kier molecular flexibility index (Phi) is 6.15. The summed E-state index contributed by atoms with van der Waals surface area (Å²) in [7, 11) is -3.90. The number of aryl methyl sites for hydroxylation is 1. The Morgan fingerprint density at radius 2 is 2.11 bits per heavy atom. The lowest BCUT2D eigenvalue weighted by atomic mass is 10.2. The van der Waals surface area contributed by atoms with Crippen molar-refractivity contribution in [3.63, 3.8) is 0 Å². The van der Waals surface area contributed by atoms with Crippen LogP contribution in [0, 0.1) is 6.92 Å². The molecule has 10 heteroatoms. The highest BCUT2D eigenvalue weighted by Crippen LogP contribution is 2.22. The van der Waals surface area contributed by atoms with E-state index in [0.29, 0.717) is 17.4 Å². The molecule has 146 valence electrons. The topological polar surface area (TPSA) is 102 Å². The normalized spacial score (nSPS) is 17.4. The number of sulfonamides is 1. The molecule has 1 aliphatic rings. The van der Waals surface area contributed by atoms with Crippen LogP contribution >= 0.6 is 11.6 Å². The van der Waals surface area contributed by atoms with Crippen molar-refractivity contribution in [3.8, 4) is 0 Å². The Morgan fingerprint density at radius 3 is 2.70 bits per heavy atom. The molecule has 0 spiro atoms. The predicted molar refractivity (Wildman–Crippen MR) is 99.1 cm³/mol. The number of carbonyl (C=O) groups is 1. The van der Waals surface area contributed by atoms with Crippen molar-refractivity contribution in [1.82, 2.24) is 9.46 Å². The van der Waals surface area contributed by atoms with Crippen LogP contribution in [0.4, 0.5) is 5.82 Å². The van der Waals surface area contributed by atoms with E-state index in [2.05, 4.69) is 10.5 Å². The van der Waals surface area contributed by atoms with Crippen LogP contribution in [0.5, 0.6) is 0 Å². The maximum Gasteiger partial charge on any atom is 0.243 e. The number of benzene rings is 1. The number of nitrogens with zero attached hydrogens (tertiary/aromatic N) is 2. The molecule has 1 saturated heterocycles. The van der Waals surface area contributed by atoms with Crippen molar-refractivity contribution in [2.24, 2.45) is 0 Å². The molecule has 1 fully saturated rings. The number of nitrogens with one attached hydrogen (secondary N) is 1. The van der Waals surface area contributed by atoms with Gasteiger partial charge in [-0.25, -0.2) is 8.42 Å². The summed E-state index contributed by atoms with van der Waals surface area (Å²) in [6.07, 6.45) is 1.37. The van der Waals surface area contributed by atoms with Crippen molar-refractivity contribution in [3.05, 3.63) is 41.1 Å². The molecular formula is C17H20ClN3O5S. The fourth-order valence-corrected chi connectivity index (χ4v) is 4.34. The van der Waals surface area contributed by atoms with Gasteiger partial charge in [-0.3, -0.25) is 4.79 Å². The summed E-state index contributed by atoms with van der Waals surface area (Å²) in [5.74, 6) is 0.257. The molecule has 0 bridgehead atoms. The Bertz CT molecular complexity index is 892. The molecule has 1 atom stereocenters. The molecule has 1 aliphatic heterocycles. The zero-order valence-electron chi connectivity index (χ0n) is 14.7. The van der Waals surface area contributed by atoms with E-state index in [1.165, 1.54) is 24.3 Å². The molecule has 0 unspecified atom stereocenters. The van der Waals surface area contributed by atoms with Gasteiger partial charge in [0, 0.05) is 24.2 Å². The molecule has 2 heterocycles. The maximum atomic E-state index is 13.0. The molecule has 1 aromatic carbocycles. The van der Waals surface area contributed by atoms with Crippen LogP contribution in [-0.4, -0.2) is 49.6 Å². The van der Waals surface area contributed by atoms with E-state index in [1.54, 1.807) is 13.0 Å². The second kappa shape index (κ2) is 8.39. The molecule has 0 radical (unpaired) electrons. The molecular weight excluding hydrogens is 394 g/mol. The van der Waals surface area contributed by atoms with Gasteiger partial charge in [0.25, 0.3) is 0 Å². The molecule has 0 aliphatic carbocycles. The summed E-state index contributed by atoms with van der Waals surface area (Å²) in [5, 5.41) is 6.65. The van der Waals surface area contributed by atoms with Gasteiger partial charge in [-0.2, -0.15) is 4.31 Å². The minimum absolute atomic E-state index is 0.0648.